The van der Waals surface area contributed by atoms with Crippen LogP contribution in [-0.2, 0) is 4.79 Å². The van der Waals surface area contributed by atoms with Crippen molar-refractivity contribution in [3.8, 4) is 0 Å². The van der Waals surface area contributed by atoms with Crippen LogP contribution >= 0.6 is 23.4 Å². The van der Waals surface area contributed by atoms with Crippen LogP contribution in [0.1, 0.15) is 40.5 Å². The number of carbonyl (C=O) groups excluding carboxylic acids is 1. The van der Waals surface area contributed by atoms with E-state index in [1.807, 2.05) is 31.2 Å². The third-order valence-corrected chi connectivity index (χ3v) is 5.42. The lowest BCUT2D eigenvalue weighted by Crippen LogP contribution is -2.46. The number of benzene rings is 1. The highest BCUT2D eigenvalue weighted by atomic mass is 35.5. The summed E-state index contributed by atoms with van der Waals surface area (Å²) >= 11 is 7.52. The second kappa shape index (κ2) is 7.06. The van der Waals surface area contributed by atoms with Crippen LogP contribution in [0.15, 0.2) is 29.2 Å². The monoisotopic (exact) mass is 325 g/mol. The van der Waals surface area contributed by atoms with Gasteiger partial charge in [0, 0.05) is 22.0 Å². The number of hydrogen-bond donors (Lipinski definition) is 0. The molecule has 2 unspecified atom stereocenters. The Morgan fingerprint density at radius 1 is 1.19 bits per heavy atom. The second-order valence-electron chi connectivity index (χ2n) is 6.18. The molecule has 0 bridgehead atoms. The molecule has 1 aliphatic carbocycles. The van der Waals surface area contributed by atoms with Gasteiger partial charge in [-0.25, -0.2) is 0 Å². The number of carbonyl (C=O) groups is 1. The molecular weight excluding hydrogens is 302 g/mol. The van der Waals surface area contributed by atoms with Crippen LogP contribution in [0.25, 0.3) is 0 Å². The van der Waals surface area contributed by atoms with E-state index in [4.69, 9.17) is 11.6 Å². The molecule has 21 heavy (non-hydrogen) atoms. The average molecular weight is 326 g/mol. The largest absolute Gasteiger partial charge is 0.336 e. The molecule has 2 atom stereocenters. The van der Waals surface area contributed by atoms with Crippen molar-refractivity contribution in [3.05, 3.63) is 29.3 Å². The summed E-state index contributed by atoms with van der Waals surface area (Å²) in [6, 6.07) is 8.46. The van der Waals surface area contributed by atoms with Crippen LogP contribution in [0.2, 0.25) is 5.02 Å². The lowest BCUT2D eigenvalue weighted by Gasteiger charge is -2.34. The maximum Gasteiger partial charge on any atom is 0.236 e. The highest BCUT2D eigenvalue weighted by Crippen LogP contribution is 2.34. The molecule has 0 spiro atoms. The van der Waals surface area contributed by atoms with E-state index in [1.54, 1.807) is 11.8 Å². The molecule has 0 aliphatic heterocycles. The van der Waals surface area contributed by atoms with Gasteiger partial charge in [-0.05, 0) is 56.9 Å². The molecule has 1 aliphatic rings. The number of amides is 1. The fraction of sp³-hybridized carbons (Fsp3) is 0.588. The summed E-state index contributed by atoms with van der Waals surface area (Å²) in [5, 5.41) is 0.666. The van der Waals surface area contributed by atoms with Gasteiger partial charge in [0.2, 0.25) is 5.91 Å². The number of nitrogens with zero attached hydrogens (tertiary/aromatic N) is 1. The van der Waals surface area contributed by atoms with E-state index in [0.29, 0.717) is 18.0 Å². The van der Waals surface area contributed by atoms with Gasteiger partial charge in [0.1, 0.15) is 0 Å². The molecule has 1 saturated carbocycles. The first kappa shape index (κ1) is 16.7. The molecule has 0 N–H and O–H groups in total. The Balaban J connectivity index is 2.04. The van der Waals surface area contributed by atoms with Crippen LogP contribution in [0.5, 0.6) is 0 Å². The Bertz CT molecular complexity index is 484. The third-order valence-electron chi connectivity index (χ3n) is 4.07. The van der Waals surface area contributed by atoms with Crippen LogP contribution in [0.3, 0.4) is 0 Å². The van der Waals surface area contributed by atoms with Crippen LogP contribution in [-0.4, -0.2) is 28.1 Å². The zero-order valence-electron chi connectivity index (χ0n) is 13.2. The average Bonchev–Trinajstić information content (AvgIpc) is 3.25. The molecule has 0 saturated heterocycles. The van der Waals surface area contributed by atoms with Gasteiger partial charge in [0.15, 0.2) is 0 Å². The van der Waals surface area contributed by atoms with Crippen molar-refractivity contribution in [2.75, 3.05) is 0 Å². The summed E-state index contributed by atoms with van der Waals surface area (Å²) in [6.45, 7) is 8.54. The van der Waals surface area contributed by atoms with Crippen molar-refractivity contribution >= 4 is 29.3 Å². The molecule has 1 aromatic rings. The molecule has 2 nitrogen and oxygen atoms in total. The molecular formula is C17H24ClNOS. The topological polar surface area (TPSA) is 20.3 Å². The van der Waals surface area contributed by atoms with Crippen molar-refractivity contribution in [1.82, 2.24) is 4.90 Å². The first-order chi connectivity index (χ1) is 9.90. The van der Waals surface area contributed by atoms with E-state index in [-0.39, 0.29) is 11.2 Å². The van der Waals surface area contributed by atoms with E-state index >= 15 is 0 Å². The first-order valence-electron chi connectivity index (χ1n) is 7.64. The minimum absolute atomic E-state index is 0.0621. The number of hydrogen-bond acceptors (Lipinski definition) is 2. The predicted octanol–water partition coefficient (Wildman–Crippen LogP) is 4.86. The van der Waals surface area contributed by atoms with Gasteiger partial charge in [0.25, 0.3) is 0 Å². The van der Waals surface area contributed by atoms with E-state index in [2.05, 4.69) is 25.7 Å². The Labute approximate surface area is 137 Å². The Morgan fingerprint density at radius 3 is 2.24 bits per heavy atom. The summed E-state index contributed by atoms with van der Waals surface area (Å²) in [6.07, 6.45) is 2.31. The third kappa shape index (κ3) is 4.40. The first-order valence-corrected chi connectivity index (χ1v) is 8.90. The minimum atomic E-state index is -0.0621. The van der Waals surface area contributed by atoms with Crippen LogP contribution in [0, 0.1) is 5.92 Å². The molecule has 116 valence electrons. The summed E-state index contributed by atoms with van der Waals surface area (Å²) in [4.78, 5) is 16.0. The van der Waals surface area contributed by atoms with Crippen molar-refractivity contribution in [2.24, 2.45) is 5.92 Å². The van der Waals surface area contributed by atoms with Gasteiger partial charge >= 0.3 is 0 Å². The molecule has 0 radical (unpaired) electrons. The Kier molecular flexibility index (Phi) is 5.61. The van der Waals surface area contributed by atoms with Crippen molar-refractivity contribution in [1.29, 1.82) is 0 Å². The molecule has 1 fully saturated rings. The zero-order chi connectivity index (χ0) is 15.6. The van der Waals surface area contributed by atoms with Gasteiger partial charge < -0.3 is 4.90 Å². The number of thioether (sulfide) groups is 1. The van der Waals surface area contributed by atoms with Gasteiger partial charge in [-0.3, -0.25) is 4.79 Å². The standard InChI is InChI=1S/C17H24ClNOS/c1-11(2)12(3)19(15-7-8-15)17(20)13(4)21-16-9-5-14(18)6-10-16/h5-6,9-13,15H,7-8H2,1-4H3. The zero-order valence-corrected chi connectivity index (χ0v) is 14.7. The summed E-state index contributed by atoms with van der Waals surface area (Å²) in [5.41, 5.74) is 0. The van der Waals surface area contributed by atoms with Gasteiger partial charge in [-0.15, -0.1) is 11.8 Å². The van der Waals surface area contributed by atoms with Crippen LogP contribution < -0.4 is 0 Å². The summed E-state index contributed by atoms with van der Waals surface area (Å²) in [7, 11) is 0. The molecule has 4 heteroatoms. The smallest absolute Gasteiger partial charge is 0.236 e. The molecule has 1 amide bonds. The quantitative estimate of drug-likeness (QED) is 0.696. The fourth-order valence-electron chi connectivity index (χ4n) is 2.36. The van der Waals surface area contributed by atoms with Crippen LogP contribution in [0.4, 0.5) is 0 Å². The Hall–Kier alpha value is -0.670. The fourth-order valence-corrected chi connectivity index (χ4v) is 3.41. The maximum absolute atomic E-state index is 12.8. The Morgan fingerprint density at radius 2 is 1.76 bits per heavy atom. The maximum atomic E-state index is 12.8. The predicted molar refractivity (Wildman–Crippen MR) is 90.9 cm³/mol. The van der Waals surface area contributed by atoms with E-state index in [1.165, 1.54) is 0 Å². The number of rotatable bonds is 6. The molecule has 0 aromatic heterocycles. The number of halogens is 1. The van der Waals surface area contributed by atoms with Crippen molar-refractivity contribution in [2.45, 2.75) is 62.8 Å². The highest BCUT2D eigenvalue weighted by Gasteiger charge is 2.38. The van der Waals surface area contributed by atoms with Gasteiger partial charge in [-0.2, -0.15) is 0 Å². The second-order valence-corrected chi connectivity index (χ2v) is 8.03. The van der Waals surface area contributed by atoms with E-state index < -0.39 is 0 Å². The lowest BCUT2D eigenvalue weighted by atomic mass is 10.0. The highest BCUT2D eigenvalue weighted by molar-refractivity contribution is 8.00. The molecule has 2 rings (SSSR count). The molecule has 0 heterocycles. The normalized spacial score (nSPS) is 17.6. The SMILES string of the molecule is CC(Sc1ccc(Cl)cc1)C(=O)N(C1CC1)C(C)C(C)C. The summed E-state index contributed by atoms with van der Waals surface area (Å²) in [5.74, 6) is 0.751. The minimum Gasteiger partial charge on any atom is -0.336 e. The molecule has 1 aromatic carbocycles. The summed E-state index contributed by atoms with van der Waals surface area (Å²) < 4.78 is 0. The van der Waals surface area contributed by atoms with Gasteiger partial charge in [-0.1, -0.05) is 25.4 Å². The van der Waals surface area contributed by atoms with Crippen molar-refractivity contribution in [3.63, 3.8) is 0 Å². The lowest BCUT2D eigenvalue weighted by molar-refractivity contribution is -0.133. The van der Waals surface area contributed by atoms with E-state index in [9.17, 15) is 4.79 Å². The van der Waals surface area contributed by atoms with Gasteiger partial charge in [0.05, 0.1) is 5.25 Å². The van der Waals surface area contributed by atoms with E-state index in [0.717, 1.165) is 22.8 Å². The van der Waals surface area contributed by atoms with Crippen molar-refractivity contribution < 1.29 is 4.79 Å².